The average Bonchev–Trinajstić information content (AvgIpc) is 2.54. The first kappa shape index (κ1) is 18.7. The van der Waals surface area contributed by atoms with Gasteiger partial charge in [0.1, 0.15) is 6.04 Å². The molecule has 4 nitrogen and oxygen atoms in total. The normalized spacial score (nSPS) is 12.1. The minimum absolute atomic E-state index is 0.124. The number of hydrogen-bond acceptors (Lipinski definition) is 3. The van der Waals surface area contributed by atoms with Gasteiger partial charge < -0.3 is 15.8 Å². The molecule has 1 rings (SSSR count). The Balaban J connectivity index is 2.02. The third-order valence-electron chi connectivity index (χ3n) is 3.58. The van der Waals surface area contributed by atoms with E-state index < -0.39 is 6.04 Å². The highest BCUT2D eigenvalue weighted by Crippen LogP contribution is 2.04. The van der Waals surface area contributed by atoms with E-state index in [1.54, 1.807) is 0 Å². The maximum atomic E-state index is 11.8. The fourth-order valence-corrected chi connectivity index (χ4v) is 2.20. The summed E-state index contributed by atoms with van der Waals surface area (Å²) in [4.78, 5) is 11.8. The van der Waals surface area contributed by atoms with Gasteiger partial charge in [-0.1, -0.05) is 69.4 Å². The summed E-state index contributed by atoms with van der Waals surface area (Å²) in [5.41, 5.74) is 6.91. The van der Waals surface area contributed by atoms with Crippen LogP contribution in [0.4, 0.5) is 0 Å². The van der Waals surface area contributed by atoms with Crippen LogP contribution in [0.2, 0.25) is 0 Å². The Kier molecular flexibility index (Phi) is 10.3. The van der Waals surface area contributed by atoms with E-state index in [9.17, 15) is 4.79 Å². The summed E-state index contributed by atoms with van der Waals surface area (Å²) in [6.45, 7) is 3.65. The van der Waals surface area contributed by atoms with Crippen molar-refractivity contribution in [1.29, 1.82) is 0 Å². The van der Waals surface area contributed by atoms with Gasteiger partial charge >= 0.3 is 0 Å². The van der Waals surface area contributed by atoms with Gasteiger partial charge in [0.05, 0.1) is 13.2 Å². The Morgan fingerprint density at radius 3 is 2.55 bits per heavy atom. The average molecular weight is 306 g/mol. The highest BCUT2D eigenvalue weighted by Gasteiger charge is 2.12. The minimum atomic E-state index is -0.594. The molecule has 1 atom stereocenters. The summed E-state index contributed by atoms with van der Waals surface area (Å²) in [7, 11) is 0. The predicted octanol–water partition coefficient (Wildman–Crippen LogP) is 3.01. The highest BCUT2D eigenvalue weighted by atomic mass is 16.5. The lowest BCUT2D eigenvalue weighted by molar-refractivity contribution is -0.123. The van der Waals surface area contributed by atoms with Crippen molar-refractivity contribution in [2.45, 2.75) is 58.1 Å². The van der Waals surface area contributed by atoms with Crippen LogP contribution in [0.15, 0.2) is 30.3 Å². The van der Waals surface area contributed by atoms with Crippen molar-refractivity contribution in [3.8, 4) is 0 Å². The molecule has 0 saturated heterocycles. The van der Waals surface area contributed by atoms with Crippen molar-refractivity contribution in [3.63, 3.8) is 0 Å². The van der Waals surface area contributed by atoms with Crippen LogP contribution >= 0.6 is 0 Å². The maximum Gasteiger partial charge on any atom is 0.239 e. The molecule has 0 aliphatic carbocycles. The molecule has 3 N–H and O–H groups in total. The van der Waals surface area contributed by atoms with Crippen molar-refractivity contribution in [2.75, 3.05) is 13.2 Å². The second-order valence-corrected chi connectivity index (χ2v) is 5.67. The molecule has 1 aromatic carbocycles. The molecule has 0 aliphatic heterocycles. The number of unbranched alkanes of at least 4 members (excludes halogenated alkanes) is 5. The van der Waals surface area contributed by atoms with Crippen molar-refractivity contribution in [2.24, 2.45) is 5.73 Å². The lowest BCUT2D eigenvalue weighted by Crippen LogP contribution is -2.43. The molecule has 0 spiro atoms. The maximum absolute atomic E-state index is 11.8. The molecule has 0 aliphatic rings. The molecular weight excluding hydrogens is 276 g/mol. The summed E-state index contributed by atoms with van der Waals surface area (Å²) in [6, 6.07) is 9.28. The zero-order valence-corrected chi connectivity index (χ0v) is 13.7. The quantitative estimate of drug-likeness (QED) is 0.583. The Morgan fingerprint density at radius 1 is 1.14 bits per heavy atom. The fourth-order valence-electron chi connectivity index (χ4n) is 2.20. The van der Waals surface area contributed by atoms with Gasteiger partial charge in [-0.05, 0) is 12.0 Å². The molecule has 0 fully saturated rings. The molecule has 0 radical (unpaired) electrons. The van der Waals surface area contributed by atoms with E-state index >= 15 is 0 Å². The van der Waals surface area contributed by atoms with Crippen molar-refractivity contribution in [3.05, 3.63) is 35.9 Å². The van der Waals surface area contributed by atoms with Crippen LogP contribution in [0.5, 0.6) is 0 Å². The van der Waals surface area contributed by atoms with E-state index in [0.29, 0.717) is 13.2 Å². The van der Waals surface area contributed by atoms with Crippen LogP contribution in [-0.4, -0.2) is 25.1 Å². The molecule has 124 valence electrons. The fraction of sp³-hybridized carbons (Fsp3) is 0.611. The van der Waals surface area contributed by atoms with E-state index in [1.807, 2.05) is 30.3 Å². The van der Waals surface area contributed by atoms with Gasteiger partial charge in [-0.2, -0.15) is 0 Å². The first-order valence-electron chi connectivity index (χ1n) is 8.39. The van der Waals surface area contributed by atoms with E-state index in [0.717, 1.165) is 12.0 Å². The molecule has 0 unspecified atom stereocenters. The number of nitrogens with two attached hydrogens (primary N) is 1. The number of hydrogen-bond donors (Lipinski definition) is 2. The molecule has 1 aromatic rings. The van der Waals surface area contributed by atoms with Gasteiger partial charge in [0.2, 0.25) is 5.91 Å². The van der Waals surface area contributed by atoms with Gasteiger partial charge in [-0.3, -0.25) is 4.79 Å². The van der Waals surface area contributed by atoms with E-state index in [-0.39, 0.29) is 12.5 Å². The number of benzene rings is 1. The van der Waals surface area contributed by atoms with Crippen LogP contribution in [-0.2, 0) is 16.1 Å². The Bertz CT molecular complexity index is 395. The Labute approximate surface area is 134 Å². The smallest absolute Gasteiger partial charge is 0.239 e. The highest BCUT2D eigenvalue weighted by molar-refractivity contribution is 5.81. The van der Waals surface area contributed by atoms with E-state index in [1.165, 1.54) is 32.1 Å². The third-order valence-corrected chi connectivity index (χ3v) is 3.58. The second kappa shape index (κ2) is 12.2. The minimum Gasteiger partial charge on any atom is -0.375 e. The molecule has 4 heteroatoms. The summed E-state index contributed by atoms with van der Waals surface area (Å²) >= 11 is 0. The Morgan fingerprint density at radius 2 is 1.82 bits per heavy atom. The molecule has 0 saturated carbocycles. The SMILES string of the molecule is CCCCCCCCNC(=O)[C@@H](N)COCc1ccccc1. The Hall–Kier alpha value is -1.39. The van der Waals surface area contributed by atoms with Crippen molar-refractivity contribution >= 4 is 5.91 Å². The molecule has 0 aromatic heterocycles. The monoisotopic (exact) mass is 306 g/mol. The van der Waals surface area contributed by atoms with Crippen LogP contribution < -0.4 is 11.1 Å². The standard InChI is InChI=1S/C18H30N2O2/c1-2-3-4-5-6-10-13-20-18(21)17(19)15-22-14-16-11-8-7-9-12-16/h7-9,11-12,17H,2-6,10,13-15,19H2,1H3,(H,20,21)/t17-/m0/s1. The lowest BCUT2D eigenvalue weighted by atomic mass is 10.1. The summed E-state index contributed by atoms with van der Waals surface area (Å²) < 4.78 is 5.49. The zero-order chi connectivity index (χ0) is 16.0. The number of amides is 1. The lowest BCUT2D eigenvalue weighted by Gasteiger charge is -2.12. The first-order valence-corrected chi connectivity index (χ1v) is 8.39. The molecule has 22 heavy (non-hydrogen) atoms. The van der Waals surface area contributed by atoms with Gasteiger partial charge in [-0.25, -0.2) is 0 Å². The molecule has 0 bridgehead atoms. The van der Waals surface area contributed by atoms with Gasteiger partial charge in [-0.15, -0.1) is 0 Å². The number of ether oxygens (including phenoxy) is 1. The van der Waals surface area contributed by atoms with Gasteiger partial charge in [0, 0.05) is 6.54 Å². The van der Waals surface area contributed by atoms with E-state index in [2.05, 4.69) is 12.2 Å². The molecule has 0 heterocycles. The van der Waals surface area contributed by atoms with Gasteiger partial charge in [0.15, 0.2) is 0 Å². The third kappa shape index (κ3) is 8.80. The summed E-state index contributed by atoms with van der Waals surface area (Å²) in [5, 5.41) is 2.88. The number of carbonyl (C=O) groups excluding carboxylic acids is 1. The molecular formula is C18H30N2O2. The zero-order valence-electron chi connectivity index (χ0n) is 13.7. The van der Waals surface area contributed by atoms with Crippen LogP contribution in [0.3, 0.4) is 0 Å². The summed E-state index contributed by atoms with van der Waals surface area (Å²) in [5.74, 6) is -0.124. The van der Waals surface area contributed by atoms with Crippen LogP contribution in [0, 0.1) is 0 Å². The molecule has 1 amide bonds. The van der Waals surface area contributed by atoms with Crippen molar-refractivity contribution in [1.82, 2.24) is 5.32 Å². The summed E-state index contributed by atoms with van der Waals surface area (Å²) in [6.07, 6.45) is 7.28. The van der Waals surface area contributed by atoms with Crippen molar-refractivity contribution < 1.29 is 9.53 Å². The number of carbonyl (C=O) groups is 1. The number of nitrogens with one attached hydrogen (secondary N) is 1. The van der Waals surface area contributed by atoms with Crippen LogP contribution in [0.1, 0.15) is 51.0 Å². The predicted molar refractivity (Wildman–Crippen MR) is 90.5 cm³/mol. The van der Waals surface area contributed by atoms with Gasteiger partial charge in [0.25, 0.3) is 0 Å². The largest absolute Gasteiger partial charge is 0.375 e. The van der Waals surface area contributed by atoms with E-state index in [4.69, 9.17) is 10.5 Å². The topological polar surface area (TPSA) is 64.4 Å². The number of rotatable bonds is 12. The first-order chi connectivity index (χ1) is 10.7. The second-order valence-electron chi connectivity index (χ2n) is 5.67. The van der Waals surface area contributed by atoms with Crippen LogP contribution in [0.25, 0.3) is 0 Å².